The Kier molecular flexibility index (Phi) is 4.17. The lowest BCUT2D eigenvalue weighted by Crippen LogP contribution is -2.57. The van der Waals surface area contributed by atoms with E-state index >= 15 is 0 Å². The molecular formula is C19H33N3O. The number of hydrogen-bond donors (Lipinski definition) is 1. The quantitative estimate of drug-likeness (QED) is 0.860. The van der Waals surface area contributed by atoms with Gasteiger partial charge in [0.15, 0.2) is 0 Å². The van der Waals surface area contributed by atoms with Gasteiger partial charge in [0.1, 0.15) is 0 Å². The van der Waals surface area contributed by atoms with Crippen LogP contribution in [0, 0.1) is 23.2 Å². The summed E-state index contributed by atoms with van der Waals surface area (Å²) in [4.78, 5) is 17.2. The van der Waals surface area contributed by atoms with Crippen molar-refractivity contribution in [3.8, 4) is 0 Å². The zero-order valence-electron chi connectivity index (χ0n) is 14.9. The minimum absolute atomic E-state index is 0.248. The second-order valence-electron chi connectivity index (χ2n) is 9.15. The fraction of sp³-hybridized carbons (Fsp3) is 0.947. The fourth-order valence-corrected chi connectivity index (χ4v) is 6.36. The Balaban J connectivity index is 1.33. The van der Waals surface area contributed by atoms with Crippen molar-refractivity contribution in [2.75, 3.05) is 39.8 Å². The van der Waals surface area contributed by atoms with E-state index in [2.05, 4.69) is 29.1 Å². The van der Waals surface area contributed by atoms with Crippen LogP contribution in [0.2, 0.25) is 0 Å². The maximum absolute atomic E-state index is 12.5. The van der Waals surface area contributed by atoms with Gasteiger partial charge in [-0.05, 0) is 75.7 Å². The number of nitrogens with one attached hydrogen (secondary N) is 1. The lowest BCUT2D eigenvalue weighted by Gasteiger charge is -2.59. The molecule has 0 aromatic rings. The maximum atomic E-state index is 12.5. The van der Waals surface area contributed by atoms with Crippen molar-refractivity contribution >= 4 is 5.91 Å². The zero-order chi connectivity index (χ0) is 16.0. The van der Waals surface area contributed by atoms with Crippen LogP contribution < -0.4 is 5.32 Å². The highest BCUT2D eigenvalue weighted by Gasteiger charge is 2.53. The highest BCUT2D eigenvalue weighted by atomic mass is 16.2. The Morgan fingerprint density at radius 3 is 2.09 bits per heavy atom. The molecule has 23 heavy (non-hydrogen) atoms. The Morgan fingerprint density at radius 1 is 1.04 bits per heavy atom. The second-order valence-corrected chi connectivity index (χ2v) is 9.15. The SMILES string of the molecule is CC(NC(=O)CN1CCN(C)CC1)C12CC3CC(CC(C3)C1)C2. The van der Waals surface area contributed by atoms with E-state index in [9.17, 15) is 4.79 Å². The second kappa shape index (κ2) is 6.03. The molecule has 4 saturated carbocycles. The summed E-state index contributed by atoms with van der Waals surface area (Å²) in [6, 6.07) is 0.357. The molecule has 5 fully saturated rings. The summed E-state index contributed by atoms with van der Waals surface area (Å²) in [7, 11) is 2.16. The maximum Gasteiger partial charge on any atom is 0.234 e. The van der Waals surface area contributed by atoms with Crippen molar-refractivity contribution in [1.82, 2.24) is 15.1 Å². The standard InChI is InChI=1S/C19H33N3O/c1-14(20-18(23)13-22-5-3-21(2)4-6-22)19-10-15-7-16(11-19)9-17(8-15)12-19/h14-17H,3-13H2,1-2H3,(H,20,23). The van der Waals surface area contributed by atoms with Gasteiger partial charge in [0.2, 0.25) is 5.91 Å². The lowest BCUT2D eigenvalue weighted by atomic mass is 9.48. The van der Waals surface area contributed by atoms with E-state index in [1.807, 2.05) is 0 Å². The first-order valence-corrected chi connectivity index (χ1v) is 9.73. The molecule has 4 bridgehead atoms. The van der Waals surface area contributed by atoms with Crippen LogP contribution in [0.4, 0.5) is 0 Å². The van der Waals surface area contributed by atoms with E-state index in [-0.39, 0.29) is 5.91 Å². The van der Waals surface area contributed by atoms with E-state index in [0.29, 0.717) is 18.0 Å². The minimum Gasteiger partial charge on any atom is -0.352 e. The number of carbonyl (C=O) groups excluding carboxylic acids is 1. The van der Waals surface area contributed by atoms with Gasteiger partial charge in [0.25, 0.3) is 0 Å². The van der Waals surface area contributed by atoms with Crippen LogP contribution in [0.1, 0.15) is 45.4 Å². The third-order valence-corrected chi connectivity index (χ3v) is 7.34. The van der Waals surface area contributed by atoms with Gasteiger partial charge in [-0.2, -0.15) is 0 Å². The number of amides is 1. The summed E-state index contributed by atoms with van der Waals surface area (Å²) in [5.41, 5.74) is 0.423. The highest BCUT2D eigenvalue weighted by Crippen LogP contribution is 2.61. The molecular weight excluding hydrogens is 286 g/mol. The molecule has 0 radical (unpaired) electrons. The number of carbonyl (C=O) groups is 1. The first-order chi connectivity index (χ1) is 11.0. The summed E-state index contributed by atoms with van der Waals surface area (Å²) < 4.78 is 0. The molecule has 1 aliphatic heterocycles. The predicted octanol–water partition coefficient (Wildman–Crippen LogP) is 1.95. The summed E-state index contributed by atoms with van der Waals surface area (Å²) in [6.45, 7) is 7.08. The van der Waals surface area contributed by atoms with E-state index in [1.165, 1.54) is 38.5 Å². The van der Waals surface area contributed by atoms with Gasteiger partial charge in [-0.15, -0.1) is 0 Å². The van der Waals surface area contributed by atoms with Crippen LogP contribution in [0.5, 0.6) is 0 Å². The smallest absolute Gasteiger partial charge is 0.234 e. The van der Waals surface area contributed by atoms with Crippen LogP contribution in [0.3, 0.4) is 0 Å². The Labute approximate surface area is 141 Å². The van der Waals surface area contributed by atoms with E-state index < -0.39 is 0 Å². The number of hydrogen-bond acceptors (Lipinski definition) is 3. The highest BCUT2D eigenvalue weighted by molar-refractivity contribution is 5.78. The number of piperazine rings is 1. The predicted molar refractivity (Wildman–Crippen MR) is 92.1 cm³/mol. The normalized spacial score (nSPS) is 41.9. The molecule has 1 saturated heterocycles. The van der Waals surface area contributed by atoms with Gasteiger partial charge in [-0.1, -0.05) is 0 Å². The molecule has 130 valence electrons. The largest absolute Gasteiger partial charge is 0.352 e. The molecule has 1 unspecified atom stereocenters. The van der Waals surface area contributed by atoms with Crippen molar-refractivity contribution < 1.29 is 4.79 Å². The summed E-state index contributed by atoms with van der Waals surface area (Å²) in [6.07, 6.45) is 8.53. The summed E-state index contributed by atoms with van der Waals surface area (Å²) in [5.74, 6) is 3.12. The van der Waals surface area contributed by atoms with E-state index in [1.54, 1.807) is 0 Å². The molecule has 5 aliphatic rings. The third-order valence-electron chi connectivity index (χ3n) is 7.34. The lowest BCUT2D eigenvalue weighted by molar-refractivity contribution is -0.127. The van der Waals surface area contributed by atoms with Crippen molar-refractivity contribution in [2.24, 2.45) is 23.2 Å². The number of likely N-dealkylation sites (N-methyl/N-ethyl adjacent to an activating group) is 1. The number of rotatable bonds is 4. The molecule has 5 rings (SSSR count). The van der Waals surface area contributed by atoms with Gasteiger partial charge in [0, 0.05) is 32.2 Å². The molecule has 1 atom stereocenters. The average molecular weight is 319 g/mol. The molecule has 4 nitrogen and oxygen atoms in total. The first kappa shape index (κ1) is 15.9. The van der Waals surface area contributed by atoms with Gasteiger partial charge in [-0.25, -0.2) is 0 Å². The van der Waals surface area contributed by atoms with Crippen LogP contribution in [0.25, 0.3) is 0 Å². The molecule has 0 aromatic carbocycles. The van der Waals surface area contributed by atoms with Crippen molar-refractivity contribution in [2.45, 2.75) is 51.5 Å². The molecule has 4 heteroatoms. The van der Waals surface area contributed by atoms with Crippen LogP contribution in [0.15, 0.2) is 0 Å². The molecule has 1 amide bonds. The number of nitrogens with zero attached hydrogens (tertiary/aromatic N) is 2. The molecule has 0 aromatic heterocycles. The van der Waals surface area contributed by atoms with Crippen molar-refractivity contribution in [3.63, 3.8) is 0 Å². The topological polar surface area (TPSA) is 35.6 Å². The van der Waals surface area contributed by atoms with Crippen LogP contribution in [-0.4, -0.2) is 61.5 Å². The third kappa shape index (κ3) is 3.17. The molecule has 4 aliphatic carbocycles. The van der Waals surface area contributed by atoms with Crippen molar-refractivity contribution in [1.29, 1.82) is 0 Å². The Bertz CT molecular complexity index is 420. The van der Waals surface area contributed by atoms with E-state index in [4.69, 9.17) is 0 Å². The van der Waals surface area contributed by atoms with Gasteiger partial charge in [-0.3, -0.25) is 9.69 Å². The van der Waals surface area contributed by atoms with Gasteiger partial charge in [0.05, 0.1) is 6.54 Å². The summed E-state index contributed by atoms with van der Waals surface area (Å²) in [5, 5.41) is 3.40. The molecule has 1 N–H and O–H groups in total. The van der Waals surface area contributed by atoms with Crippen molar-refractivity contribution in [3.05, 3.63) is 0 Å². The average Bonchev–Trinajstić information content (AvgIpc) is 2.48. The van der Waals surface area contributed by atoms with Gasteiger partial charge >= 0.3 is 0 Å². The van der Waals surface area contributed by atoms with E-state index in [0.717, 1.165) is 43.9 Å². The molecule has 0 spiro atoms. The fourth-order valence-electron chi connectivity index (χ4n) is 6.36. The monoisotopic (exact) mass is 319 g/mol. The summed E-state index contributed by atoms with van der Waals surface area (Å²) >= 11 is 0. The Morgan fingerprint density at radius 2 is 1.57 bits per heavy atom. The van der Waals surface area contributed by atoms with Crippen LogP contribution in [-0.2, 0) is 4.79 Å². The Hall–Kier alpha value is -0.610. The minimum atomic E-state index is 0.248. The zero-order valence-corrected chi connectivity index (χ0v) is 14.9. The first-order valence-electron chi connectivity index (χ1n) is 9.73. The molecule has 1 heterocycles. The van der Waals surface area contributed by atoms with Gasteiger partial charge < -0.3 is 10.2 Å². The van der Waals surface area contributed by atoms with Crippen LogP contribution >= 0.6 is 0 Å².